The number of methoxy groups -OCH3 is 1. The van der Waals surface area contributed by atoms with Crippen LogP contribution in [0.3, 0.4) is 0 Å². The molecule has 3 nitrogen and oxygen atoms in total. The highest BCUT2D eigenvalue weighted by Crippen LogP contribution is 2.50. The van der Waals surface area contributed by atoms with Crippen molar-refractivity contribution < 1.29 is 9.53 Å². The Labute approximate surface area is 216 Å². The van der Waals surface area contributed by atoms with E-state index in [1.165, 1.54) is 78.3 Å². The number of nitrogens with zero attached hydrogens (tertiary/aromatic N) is 1. The minimum atomic E-state index is -0.287. The summed E-state index contributed by atoms with van der Waals surface area (Å²) in [4.78, 5) is 12.0. The number of fused-ring (bicyclic) bond motifs is 4. The molecule has 2 aliphatic carbocycles. The Morgan fingerprint density at radius 2 is 1.58 bits per heavy atom. The Bertz CT molecular complexity index is 1290. The van der Waals surface area contributed by atoms with Gasteiger partial charge in [0.2, 0.25) is 0 Å². The molecular formula is C33H41NO2. The van der Waals surface area contributed by atoms with E-state index in [0.29, 0.717) is 5.56 Å². The van der Waals surface area contributed by atoms with Crippen LogP contribution in [-0.4, -0.2) is 17.6 Å². The maximum Gasteiger partial charge on any atom is 0.337 e. The Morgan fingerprint density at radius 1 is 0.917 bits per heavy atom. The molecule has 2 aliphatic rings. The Hall–Kier alpha value is -2.81. The Morgan fingerprint density at radius 3 is 2.22 bits per heavy atom. The van der Waals surface area contributed by atoms with Crippen molar-refractivity contribution in [1.29, 1.82) is 0 Å². The van der Waals surface area contributed by atoms with Crippen LogP contribution in [0, 0.1) is 0 Å². The lowest BCUT2D eigenvalue weighted by Gasteiger charge is -2.43. The fourth-order valence-electron chi connectivity index (χ4n) is 6.38. The van der Waals surface area contributed by atoms with E-state index in [9.17, 15) is 4.79 Å². The van der Waals surface area contributed by atoms with Crippen molar-refractivity contribution in [3.63, 3.8) is 0 Å². The van der Waals surface area contributed by atoms with Crippen LogP contribution >= 0.6 is 0 Å². The summed E-state index contributed by atoms with van der Waals surface area (Å²) in [6.45, 7) is 13.0. The van der Waals surface area contributed by atoms with Gasteiger partial charge in [-0.2, -0.15) is 0 Å². The van der Waals surface area contributed by atoms with Gasteiger partial charge < -0.3 is 9.30 Å². The molecule has 3 heteroatoms. The lowest BCUT2D eigenvalue weighted by atomic mass is 9.62. The van der Waals surface area contributed by atoms with Crippen LogP contribution in [0.2, 0.25) is 0 Å². The van der Waals surface area contributed by atoms with Crippen molar-refractivity contribution in [2.75, 3.05) is 7.11 Å². The molecule has 0 fully saturated rings. The van der Waals surface area contributed by atoms with Gasteiger partial charge in [-0.3, -0.25) is 0 Å². The number of aromatic nitrogens is 1. The van der Waals surface area contributed by atoms with Gasteiger partial charge in [0.05, 0.1) is 18.4 Å². The van der Waals surface area contributed by atoms with Crippen LogP contribution < -0.4 is 0 Å². The summed E-state index contributed by atoms with van der Waals surface area (Å²) in [7, 11) is 1.43. The lowest BCUT2D eigenvalue weighted by molar-refractivity contribution is 0.0600. The average molecular weight is 484 g/mol. The number of aryl methyl sites for hydroxylation is 2. The van der Waals surface area contributed by atoms with E-state index in [2.05, 4.69) is 69.6 Å². The van der Waals surface area contributed by atoms with Crippen LogP contribution in [0.25, 0.3) is 22.4 Å². The maximum absolute atomic E-state index is 12.0. The Balaban J connectivity index is 1.66. The van der Waals surface area contributed by atoms with Crippen LogP contribution in [0.15, 0.2) is 42.6 Å². The van der Waals surface area contributed by atoms with Gasteiger partial charge in [0.1, 0.15) is 0 Å². The summed E-state index contributed by atoms with van der Waals surface area (Å²) in [5, 5.41) is 0. The van der Waals surface area contributed by atoms with Crippen molar-refractivity contribution in [3.05, 3.63) is 70.4 Å². The average Bonchev–Trinajstić information content (AvgIpc) is 3.25. The minimum Gasteiger partial charge on any atom is -0.465 e. The molecule has 0 N–H and O–H groups in total. The maximum atomic E-state index is 12.0. The summed E-state index contributed by atoms with van der Waals surface area (Å²) in [6.07, 6.45) is 10.6. The monoisotopic (exact) mass is 483 g/mol. The van der Waals surface area contributed by atoms with Crippen molar-refractivity contribution in [1.82, 2.24) is 4.57 Å². The number of hydrogen-bond donors (Lipinski definition) is 0. The summed E-state index contributed by atoms with van der Waals surface area (Å²) >= 11 is 0. The molecule has 0 amide bonds. The highest BCUT2D eigenvalue weighted by Gasteiger charge is 2.38. The van der Waals surface area contributed by atoms with E-state index < -0.39 is 0 Å². The van der Waals surface area contributed by atoms with Crippen molar-refractivity contribution in [2.24, 2.45) is 0 Å². The normalized spacial score (nSPS) is 17.2. The third-order valence-corrected chi connectivity index (χ3v) is 8.78. The van der Waals surface area contributed by atoms with Crippen LogP contribution in [0.1, 0.15) is 99.3 Å². The van der Waals surface area contributed by atoms with Gasteiger partial charge >= 0.3 is 5.97 Å². The van der Waals surface area contributed by atoms with E-state index in [1.807, 2.05) is 12.1 Å². The predicted molar refractivity (Wildman–Crippen MR) is 149 cm³/mol. The Kier molecular flexibility index (Phi) is 6.39. The van der Waals surface area contributed by atoms with Gasteiger partial charge in [-0.15, -0.1) is 0 Å². The van der Waals surface area contributed by atoms with E-state index in [1.54, 1.807) is 5.56 Å². The highest BCUT2D eigenvalue weighted by atomic mass is 16.5. The molecule has 5 rings (SSSR count). The molecule has 0 radical (unpaired) electrons. The van der Waals surface area contributed by atoms with Crippen molar-refractivity contribution in [2.45, 2.75) is 96.9 Å². The van der Waals surface area contributed by atoms with Gasteiger partial charge in [-0.1, -0.05) is 65.7 Å². The molecule has 190 valence electrons. The molecule has 1 heterocycles. The third-order valence-electron chi connectivity index (χ3n) is 8.78. The molecule has 0 aliphatic heterocycles. The topological polar surface area (TPSA) is 31.2 Å². The largest absolute Gasteiger partial charge is 0.465 e. The number of unbranched alkanes of at least 4 members (excludes halogenated alkanes) is 2. The summed E-state index contributed by atoms with van der Waals surface area (Å²) in [5.41, 5.74) is 12.4. The molecule has 0 spiro atoms. The number of carbonyl (C=O) groups excluding carboxylic acids is 1. The van der Waals surface area contributed by atoms with Gasteiger partial charge in [-0.25, -0.2) is 4.79 Å². The van der Waals surface area contributed by atoms with E-state index >= 15 is 0 Å². The van der Waals surface area contributed by atoms with Gasteiger partial charge in [0, 0.05) is 23.9 Å². The van der Waals surface area contributed by atoms with Crippen LogP contribution in [0.5, 0.6) is 0 Å². The SMILES string of the molecule is CCCCCn1cc(-c2ccc(C(=O)OC)cc2)c2c1-c1cc3c(cc1CC2)C(C)(C)CCC3(C)C. The zero-order chi connectivity index (χ0) is 25.7. The first-order valence-corrected chi connectivity index (χ1v) is 13.8. The van der Waals surface area contributed by atoms with Crippen LogP contribution in [0.4, 0.5) is 0 Å². The predicted octanol–water partition coefficient (Wildman–Crippen LogP) is 8.25. The van der Waals surface area contributed by atoms with Crippen molar-refractivity contribution in [3.8, 4) is 22.4 Å². The van der Waals surface area contributed by atoms with Crippen molar-refractivity contribution >= 4 is 5.97 Å². The van der Waals surface area contributed by atoms with E-state index in [0.717, 1.165) is 19.4 Å². The lowest BCUT2D eigenvalue weighted by Crippen LogP contribution is -2.34. The molecule has 36 heavy (non-hydrogen) atoms. The van der Waals surface area contributed by atoms with Crippen LogP contribution in [-0.2, 0) is 35.0 Å². The number of ether oxygens (including phenoxy) is 1. The number of hydrogen-bond acceptors (Lipinski definition) is 2. The first kappa shape index (κ1) is 24.9. The zero-order valence-electron chi connectivity index (χ0n) is 23.0. The first-order valence-electron chi connectivity index (χ1n) is 13.8. The van der Waals surface area contributed by atoms with Gasteiger partial charge in [0.25, 0.3) is 0 Å². The summed E-state index contributed by atoms with van der Waals surface area (Å²) in [5.74, 6) is -0.287. The fourth-order valence-corrected chi connectivity index (χ4v) is 6.38. The number of benzene rings is 2. The molecule has 0 bridgehead atoms. The molecule has 0 saturated heterocycles. The molecule has 0 saturated carbocycles. The number of rotatable bonds is 6. The summed E-state index contributed by atoms with van der Waals surface area (Å²) < 4.78 is 7.43. The molecule has 2 aromatic carbocycles. The molecule has 3 aromatic rings. The second-order valence-corrected chi connectivity index (χ2v) is 12.2. The smallest absolute Gasteiger partial charge is 0.337 e. The highest BCUT2D eigenvalue weighted by molar-refractivity contribution is 5.90. The minimum absolute atomic E-state index is 0.198. The fraction of sp³-hybridized carbons (Fsp3) is 0.485. The standard InChI is InChI=1S/C33H41NO2/c1-7-8-9-18-34-21-27(22-10-12-23(13-11-22)31(35)36-6)25-15-14-24-19-28-29(20-26(24)30(25)34)33(4,5)17-16-32(28,2)3/h10-13,19-21H,7-9,14-18H2,1-6H3. The molecule has 1 aromatic heterocycles. The third kappa shape index (κ3) is 4.21. The quantitative estimate of drug-likeness (QED) is 0.261. The second kappa shape index (κ2) is 9.25. The number of carbonyl (C=O) groups is 1. The zero-order valence-corrected chi connectivity index (χ0v) is 23.0. The molecule has 0 atom stereocenters. The molecular weight excluding hydrogens is 442 g/mol. The van der Waals surface area contributed by atoms with Gasteiger partial charge in [0.15, 0.2) is 0 Å². The summed E-state index contributed by atoms with van der Waals surface area (Å²) in [6, 6.07) is 13.0. The van der Waals surface area contributed by atoms with E-state index in [4.69, 9.17) is 4.74 Å². The van der Waals surface area contributed by atoms with Gasteiger partial charge in [-0.05, 0) is 89.0 Å². The number of esters is 1. The second-order valence-electron chi connectivity index (χ2n) is 12.2. The molecule has 0 unspecified atom stereocenters. The van der Waals surface area contributed by atoms with E-state index in [-0.39, 0.29) is 16.8 Å². The first-order chi connectivity index (χ1) is 17.2.